The van der Waals surface area contributed by atoms with E-state index in [1.54, 1.807) is 24.3 Å². The molecule has 152 valence electrons. The first kappa shape index (κ1) is 21.9. The van der Waals surface area contributed by atoms with E-state index in [2.05, 4.69) is 6.92 Å². The van der Waals surface area contributed by atoms with Gasteiger partial charge in [-0.1, -0.05) is 76.5 Å². The lowest BCUT2D eigenvalue weighted by Gasteiger charge is -2.09. The molecule has 0 bridgehead atoms. The summed E-state index contributed by atoms with van der Waals surface area (Å²) in [6.45, 7) is 2.76. The van der Waals surface area contributed by atoms with Gasteiger partial charge in [-0.05, 0) is 41.8 Å². The van der Waals surface area contributed by atoms with E-state index in [1.807, 2.05) is 0 Å². The topological polar surface area (TPSA) is 46.5 Å². The molecule has 2 aromatic carbocycles. The molecule has 28 heavy (non-hydrogen) atoms. The van der Waals surface area contributed by atoms with Gasteiger partial charge in [-0.15, -0.1) is 0 Å². The van der Waals surface area contributed by atoms with Gasteiger partial charge in [0.25, 0.3) is 0 Å². The monoisotopic (exact) mass is 386 g/mol. The van der Waals surface area contributed by atoms with Crippen molar-refractivity contribution >= 4 is 5.97 Å². The van der Waals surface area contributed by atoms with Crippen LogP contribution in [0, 0.1) is 5.82 Å². The predicted molar refractivity (Wildman–Crippen MR) is 112 cm³/mol. The summed E-state index contributed by atoms with van der Waals surface area (Å²) in [6.07, 6.45) is 11.1. The Morgan fingerprint density at radius 2 is 1.43 bits per heavy atom. The van der Waals surface area contributed by atoms with Crippen molar-refractivity contribution in [3.63, 3.8) is 0 Å². The van der Waals surface area contributed by atoms with Gasteiger partial charge in [-0.25, -0.2) is 9.18 Å². The number of carboxylic acids is 1. The fourth-order valence-corrected chi connectivity index (χ4v) is 3.20. The summed E-state index contributed by atoms with van der Waals surface area (Å²) >= 11 is 0. The quantitative estimate of drug-likeness (QED) is 0.373. The molecule has 0 saturated carbocycles. The highest BCUT2D eigenvalue weighted by Crippen LogP contribution is 2.26. The van der Waals surface area contributed by atoms with E-state index in [1.165, 1.54) is 63.1 Å². The molecule has 0 aromatic heterocycles. The van der Waals surface area contributed by atoms with Crippen LogP contribution in [0.2, 0.25) is 0 Å². The standard InChI is InChI=1S/C24H31FO3/c1-2-3-4-5-6-7-8-9-10-17-28-23-16-15-21(18-22(23)25)19-11-13-20(14-12-19)24(26)27/h11-16,18H,2-10,17H2,1H3,(H,26,27). The average molecular weight is 387 g/mol. The smallest absolute Gasteiger partial charge is 0.335 e. The van der Waals surface area contributed by atoms with E-state index in [0.717, 1.165) is 18.4 Å². The molecular weight excluding hydrogens is 355 g/mol. The SMILES string of the molecule is CCCCCCCCCCCOc1ccc(-c2ccc(C(=O)O)cc2)cc1F. The lowest BCUT2D eigenvalue weighted by Crippen LogP contribution is -1.99. The Kier molecular flexibility index (Phi) is 9.53. The van der Waals surface area contributed by atoms with Crippen molar-refractivity contribution in [2.45, 2.75) is 64.7 Å². The van der Waals surface area contributed by atoms with Gasteiger partial charge in [0, 0.05) is 0 Å². The number of unbranched alkanes of at least 4 members (excludes halogenated alkanes) is 8. The van der Waals surface area contributed by atoms with Crippen LogP contribution in [-0.2, 0) is 0 Å². The lowest BCUT2D eigenvalue weighted by molar-refractivity contribution is 0.0697. The molecule has 2 rings (SSSR count). The molecule has 0 heterocycles. The highest BCUT2D eigenvalue weighted by Gasteiger charge is 2.08. The number of carbonyl (C=O) groups is 1. The fraction of sp³-hybridized carbons (Fsp3) is 0.458. The zero-order valence-electron chi connectivity index (χ0n) is 16.8. The van der Waals surface area contributed by atoms with Gasteiger partial charge in [0.05, 0.1) is 12.2 Å². The second-order valence-electron chi connectivity index (χ2n) is 7.20. The Balaban J connectivity index is 1.71. The minimum atomic E-state index is -0.974. The van der Waals surface area contributed by atoms with Gasteiger partial charge in [0.1, 0.15) is 0 Å². The molecule has 0 fully saturated rings. The van der Waals surface area contributed by atoms with Gasteiger partial charge in [-0.3, -0.25) is 0 Å². The van der Waals surface area contributed by atoms with Crippen LogP contribution in [0.25, 0.3) is 11.1 Å². The molecule has 0 amide bonds. The number of carboxylic acid groups (broad SMARTS) is 1. The van der Waals surface area contributed by atoms with Gasteiger partial charge in [-0.2, -0.15) is 0 Å². The highest BCUT2D eigenvalue weighted by atomic mass is 19.1. The van der Waals surface area contributed by atoms with Crippen molar-refractivity contribution in [1.29, 1.82) is 0 Å². The van der Waals surface area contributed by atoms with Gasteiger partial charge in [0.2, 0.25) is 0 Å². The van der Waals surface area contributed by atoms with Crippen LogP contribution < -0.4 is 4.74 Å². The van der Waals surface area contributed by atoms with E-state index < -0.39 is 11.8 Å². The van der Waals surface area contributed by atoms with Crippen molar-refractivity contribution in [3.8, 4) is 16.9 Å². The summed E-state index contributed by atoms with van der Waals surface area (Å²) in [5.74, 6) is -1.10. The van der Waals surface area contributed by atoms with E-state index >= 15 is 0 Å². The Morgan fingerprint density at radius 3 is 2.00 bits per heavy atom. The van der Waals surface area contributed by atoms with Crippen LogP contribution in [-0.4, -0.2) is 17.7 Å². The molecule has 0 aliphatic heterocycles. The highest BCUT2D eigenvalue weighted by molar-refractivity contribution is 5.88. The molecule has 0 aliphatic rings. The van der Waals surface area contributed by atoms with Crippen molar-refractivity contribution in [2.75, 3.05) is 6.61 Å². The number of hydrogen-bond donors (Lipinski definition) is 1. The first-order valence-electron chi connectivity index (χ1n) is 10.4. The number of ether oxygens (including phenoxy) is 1. The van der Waals surface area contributed by atoms with Crippen molar-refractivity contribution in [2.24, 2.45) is 0 Å². The maximum atomic E-state index is 14.3. The average Bonchev–Trinajstić information content (AvgIpc) is 2.70. The molecule has 0 aliphatic carbocycles. The van der Waals surface area contributed by atoms with Crippen molar-refractivity contribution in [1.82, 2.24) is 0 Å². The van der Waals surface area contributed by atoms with Crippen LogP contribution in [0.15, 0.2) is 42.5 Å². The molecule has 0 unspecified atom stereocenters. The minimum absolute atomic E-state index is 0.213. The second kappa shape index (κ2) is 12.2. The maximum Gasteiger partial charge on any atom is 0.335 e. The Hall–Kier alpha value is -2.36. The van der Waals surface area contributed by atoms with Crippen LogP contribution in [0.3, 0.4) is 0 Å². The van der Waals surface area contributed by atoms with Gasteiger partial charge >= 0.3 is 5.97 Å². The molecular formula is C24H31FO3. The van der Waals surface area contributed by atoms with Crippen LogP contribution in [0.5, 0.6) is 5.75 Å². The fourth-order valence-electron chi connectivity index (χ4n) is 3.20. The zero-order chi connectivity index (χ0) is 20.2. The zero-order valence-corrected chi connectivity index (χ0v) is 16.8. The molecule has 0 saturated heterocycles. The predicted octanol–water partition coefficient (Wildman–Crippen LogP) is 7.10. The lowest BCUT2D eigenvalue weighted by atomic mass is 10.0. The van der Waals surface area contributed by atoms with E-state index in [4.69, 9.17) is 9.84 Å². The van der Waals surface area contributed by atoms with Gasteiger partial charge < -0.3 is 9.84 Å². The molecule has 4 heteroatoms. The van der Waals surface area contributed by atoms with E-state index in [0.29, 0.717) is 12.2 Å². The summed E-state index contributed by atoms with van der Waals surface area (Å²) in [6, 6.07) is 11.3. The van der Waals surface area contributed by atoms with Crippen molar-refractivity contribution < 1.29 is 19.0 Å². The third-order valence-corrected chi connectivity index (χ3v) is 4.90. The first-order valence-corrected chi connectivity index (χ1v) is 10.4. The second-order valence-corrected chi connectivity index (χ2v) is 7.20. The summed E-state index contributed by atoms with van der Waals surface area (Å²) in [7, 11) is 0. The summed E-state index contributed by atoms with van der Waals surface area (Å²) in [5, 5.41) is 8.94. The summed E-state index contributed by atoms with van der Waals surface area (Å²) < 4.78 is 19.9. The molecule has 2 aromatic rings. The van der Waals surface area contributed by atoms with E-state index in [-0.39, 0.29) is 11.3 Å². The normalized spacial score (nSPS) is 10.8. The van der Waals surface area contributed by atoms with Crippen LogP contribution >= 0.6 is 0 Å². The summed E-state index contributed by atoms with van der Waals surface area (Å²) in [5.41, 5.74) is 1.68. The minimum Gasteiger partial charge on any atom is -0.491 e. The maximum absolute atomic E-state index is 14.3. The largest absolute Gasteiger partial charge is 0.491 e. The Labute approximate surface area is 167 Å². The molecule has 1 N–H and O–H groups in total. The number of halogens is 1. The third-order valence-electron chi connectivity index (χ3n) is 4.90. The van der Waals surface area contributed by atoms with Crippen molar-refractivity contribution in [3.05, 3.63) is 53.8 Å². The first-order chi connectivity index (χ1) is 13.6. The van der Waals surface area contributed by atoms with Crippen LogP contribution in [0.4, 0.5) is 4.39 Å². The number of hydrogen-bond acceptors (Lipinski definition) is 2. The summed E-state index contributed by atoms with van der Waals surface area (Å²) in [4.78, 5) is 10.9. The van der Waals surface area contributed by atoms with Gasteiger partial charge in [0.15, 0.2) is 11.6 Å². The molecule has 3 nitrogen and oxygen atoms in total. The number of aromatic carboxylic acids is 1. The third kappa shape index (κ3) is 7.34. The molecule has 0 atom stereocenters. The number of benzene rings is 2. The Morgan fingerprint density at radius 1 is 0.857 bits per heavy atom. The Bertz CT molecular complexity index is 725. The van der Waals surface area contributed by atoms with Crippen LogP contribution in [0.1, 0.15) is 75.1 Å². The molecule has 0 spiro atoms. The van der Waals surface area contributed by atoms with E-state index in [9.17, 15) is 9.18 Å². The molecule has 0 radical (unpaired) electrons. The number of rotatable bonds is 13.